The van der Waals surface area contributed by atoms with E-state index in [1.807, 2.05) is 11.6 Å². The number of nitrogens with zero attached hydrogens (tertiary/aromatic N) is 2. The molecule has 1 rings (SSSR count). The molecule has 16 heavy (non-hydrogen) atoms. The van der Waals surface area contributed by atoms with Gasteiger partial charge in [-0.05, 0) is 19.8 Å². The molecule has 1 aromatic heterocycles. The fraction of sp³-hybridized carbons (Fsp3) is 0.636. The summed E-state index contributed by atoms with van der Waals surface area (Å²) in [6.45, 7) is 6.95. The molecule has 0 atom stereocenters. The monoisotopic (exact) mass is 259 g/mol. The van der Waals surface area contributed by atoms with Crippen molar-refractivity contribution in [2.75, 3.05) is 0 Å². The van der Waals surface area contributed by atoms with Gasteiger partial charge in [0.05, 0.1) is 21.9 Å². The lowest BCUT2D eigenvalue weighted by atomic mass is 9.88. The second-order valence-corrected chi connectivity index (χ2v) is 5.50. The molecule has 0 fully saturated rings. The molecule has 0 bridgehead atoms. The molecule has 0 saturated heterocycles. The minimum atomic E-state index is -0.0831. The smallest absolute Gasteiger partial charge is 0.0814 e. The predicted octanol–water partition coefficient (Wildman–Crippen LogP) is 2.94. The number of thiocarbonyl (C=S) groups is 1. The highest BCUT2D eigenvalue weighted by Crippen LogP contribution is 2.23. The van der Waals surface area contributed by atoms with Crippen LogP contribution in [0.2, 0.25) is 5.02 Å². The maximum Gasteiger partial charge on any atom is 0.0814 e. The van der Waals surface area contributed by atoms with Crippen molar-refractivity contribution in [2.24, 2.45) is 11.1 Å². The molecular formula is C11H18ClN3S. The number of aromatic nitrogens is 2. The Balaban J connectivity index is 2.48. The van der Waals surface area contributed by atoms with Gasteiger partial charge in [0.2, 0.25) is 0 Å². The van der Waals surface area contributed by atoms with E-state index in [0.717, 1.165) is 25.1 Å². The van der Waals surface area contributed by atoms with Crippen LogP contribution < -0.4 is 5.73 Å². The van der Waals surface area contributed by atoms with Gasteiger partial charge in [-0.1, -0.05) is 37.7 Å². The Morgan fingerprint density at radius 2 is 2.25 bits per heavy atom. The van der Waals surface area contributed by atoms with Gasteiger partial charge >= 0.3 is 0 Å². The molecule has 0 radical (unpaired) electrons. The van der Waals surface area contributed by atoms with Crippen LogP contribution in [0.25, 0.3) is 0 Å². The first-order valence-electron chi connectivity index (χ1n) is 5.32. The van der Waals surface area contributed by atoms with Gasteiger partial charge in [-0.2, -0.15) is 5.10 Å². The summed E-state index contributed by atoms with van der Waals surface area (Å²) in [6, 6.07) is 0. The number of rotatable bonds is 5. The third-order valence-corrected chi connectivity index (χ3v) is 3.81. The number of aryl methyl sites for hydroxylation is 1. The molecule has 1 aromatic rings. The van der Waals surface area contributed by atoms with Gasteiger partial charge in [-0.3, -0.25) is 4.68 Å². The van der Waals surface area contributed by atoms with Crippen LogP contribution in [0.5, 0.6) is 0 Å². The highest BCUT2D eigenvalue weighted by Gasteiger charge is 2.20. The van der Waals surface area contributed by atoms with E-state index in [2.05, 4.69) is 18.9 Å². The molecule has 0 unspecified atom stereocenters. The lowest BCUT2D eigenvalue weighted by molar-refractivity contribution is 0.423. The predicted molar refractivity (Wildman–Crippen MR) is 71.8 cm³/mol. The summed E-state index contributed by atoms with van der Waals surface area (Å²) in [5.74, 6) is 0. The van der Waals surface area contributed by atoms with E-state index >= 15 is 0 Å². The molecule has 5 heteroatoms. The van der Waals surface area contributed by atoms with E-state index in [4.69, 9.17) is 29.6 Å². The zero-order valence-corrected chi connectivity index (χ0v) is 11.5. The van der Waals surface area contributed by atoms with Crippen LogP contribution in [0, 0.1) is 12.3 Å². The van der Waals surface area contributed by atoms with Gasteiger partial charge in [0.25, 0.3) is 0 Å². The number of halogens is 1. The molecule has 3 nitrogen and oxygen atoms in total. The highest BCUT2D eigenvalue weighted by molar-refractivity contribution is 7.80. The summed E-state index contributed by atoms with van der Waals surface area (Å²) in [5.41, 5.74) is 6.60. The van der Waals surface area contributed by atoms with E-state index in [-0.39, 0.29) is 5.41 Å². The Bertz CT molecular complexity index is 385. The van der Waals surface area contributed by atoms with Crippen molar-refractivity contribution >= 4 is 28.8 Å². The van der Waals surface area contributed by atoms with Gasteiger partial charge < -0.3 is 5.73 Å². The average molecular weight is 260 g/mol. The zero-order chi connectivity index (χ0) is 12.3. The van der Waals surface area contributed by atoms with E-state index in [1.54, 1.807) is 6.20 Å². The molecule has 0 aliphatic rings. The van der Waals surface area contributed by atoms with Gasteiger partial charge in [0, 0.05) is 12.0 Å². The maximum atomic E-state index is 5.92. The van der Waals surface area contributed by atoms with Crippen LogP contribution in [0.1, 0.15) is 32.4 Å². The summed E-state index contributed by atoms with van der Waals surface area (Å²) in [7, 11) is 0. The van der Waals surface area contributed by atoms with Crippen molar-refractivity contribution in [2.45, 2.75) is 40.2 Å². The largest absolute Gasteiger partial charge is 0.393 e. The molecular weight excluding hydrogens is 242 g/mol. The Morgan fingerprint density at radius 1 is 1.62 bits per heavy atom. The van der Waals surface area contributed by atoms with Crippen molar-refractivity contribution in [1.29, 1.82) is 0 Å². The molecule has 0 aliphatic carbocycles. The Kier molecular flexibility index (Phi) is 4.33. The quantitative estimate of drug-likeness (QED) is 0.827. The van der Waals surface area contributed by atoms with Crippen LogP contribution in [0.3, 0.4) is 0 Å². The summed E-state index contributed by atoms with van der Waals surface area (Å²) in [4.78, 5) is 0.572. The third-order valence-electron chi connectivity index (χ3n) is 2.88. The second kappa shape index (κ2) is 5.15. The molecule has 0 spiro atoms. The number of hydrogen-bond donors (Lipinski definition) is 1. The summed E-state index contributed by atoms with van der Waals surface area (Å²) >= 11 is 11.0. The first kappa shape index (κ1) is 13.5. The molecule has 0 aliphatic heterocycles. The van der Waals surface area contributed by atoms with Crippen molar-refractivity contribution in [1.82, 2.24) is 9.78 Å². The number of hydrogen-bond acceptors (Lipinski definition) is 2. The average Bonchev–Trinajstić information content (AvgIpc) is 2.49. The van der Waals surface area contributed by atoms with E-state index in [9.17, 15) is 0 Å². The lowest BCUT2D eigenvalue weighted by Crippen LogP contribution is -2.29. The van der Waals surface area contributed by atoms with Crippen molar-refractivity contribution in [3.8, 4) is 0 Å². The molecule has 90 valence electrons. The third kappa shape index (κ3) is 3.19. The van der Waals surface area contributed by atoms with Crippen LogP contribution in [0.15, 0.2) is 6.20 Å². The first-order valence-corrected chi connectivity index (χ1v) is 6.11. The van der Waals surface area contributed by atoms with Crippen LogP contribution in [0.4, 0.5) is 0 Å². The first-order chi connectivity index (χ1) is 7.34. The Hall–Kier alpha value is -0.610. The minimum Gasteiger partial charge on any atom is -0.393 e. The van der Waals surface area contributed by atoms with Gasteiger partial charge in [0.1, 0.15) is 0 Å². The highest BCUT2D eigenvalue weighted by atomic mass is 35.5. The Labute approximate surface area is 107 Å². The zero-order valence-electron chi connectivity index (χ0n) is 9.96. The molecule has 0 aromatic carbocycles. The van der Waals surface area contributed by atoms with Crippen molar-refractivity contribution < 1.29 is 0 Å². The van der Waals surface area contributed by atoms with E-state index < -0.39 is 0 Å². The maximum absolute atomic E-state index is 5.92. The molecule has 2 N–H and O–H groups in total. The fourth-order valence-electron chi connectivity index (χ4n) is 1.44. The van der Waals surface area contributed by atoms with Crippen molar-refractivity contribution in [3.05, 3.63) is 16.9 Å². The van der Waals surface area contributed by atoms with Gasteiger partial charge in [-0.25, -0.2) is 0 Å². The SMILES string of the molecule is Cc1c(Cl)cnn1CCCC(C)(C)C(N)=S. The summed E-state index contributed by atoms with van der Waals surface area (Å²) in [5, 5.41) is 4.92. The van der Waals surface area contributed by atoms with Crippen LogP contribution in [-0.2, 0) is 6.54 Å². The van der Waals surface area contributed by atoms with E-state index in [1.165, 1.54) is 0 Å². The Morgan fingerprint density at radius 3 is 2.69 bits per heavy atom. The van der Waals surface area contributed by atoms with Crippen molar-refractivity contribution in [3.63, 3.8) is 0 Å². The normalized spacial score (nSPS) is 11.8. The number of nitrogens with two attached hydrogens (primary N) is 1. The fourth-order valence-corrected chi connectivity index (χ4v) is 1.69. The van der Waals surface area contributed by atoms with Gasteiger partial charge in [-0.15, -0.1) is 0 Å². The lowest BCUT2D eigenvalue weighted by Gasteiger charge is -2.22. The summed E-state index contributed by atoms with van der Waals surface area (Å²) < 4.78 is 1.91. The van der Waals surface area contributed by atoms with Crippen LogP contribution in [-0.4, -0.2) is 14.8 Å². The van der Waals surface area contributed by atoms with Crippen LogP contribution >= 0.6 is 23.8 Å². The molecule has 1 heterocycles. The molecule has 0 saturated carbocycles. The summed E-state index contributed by atoms with van der Waals surface area (Å²) in [6.07, 6.45) is 3.62. The topological polar surface area (TPSA) is 43.8 Å². The molecule has 0 amide bonds. The van der Waals surface area contributed by atoms with Gasteiger partial charge in [0.15, 0.2) is 0 Å². The van der Waals surface area contributed by atoms with E-state index in [0.29, 0.717) is 10.0 Å². The standard InChI is InChI=1S/C11H18ClN3S/c1-8-9(12)7-14-15(8)6-4-5-11(2,3)10(13)16/h7H,4-6H2,1-3H3,(H2,13,16). The minimum absolute atomic E-state index is 0.0831. The second-order valence-electron chi connectivity index (χ2n) is 4.65.